The average molecular weight is 138 g/mol. The summed E-state index contributed by atoms with van der Waals surface area (Å²) in [5.74, 6) is 0.505. The number of hydrogen-bond donors (Lipinski definition) is 0. The van der Waals surface area contributed by atoms with Gasteiger partial charge in [0.1, 0.15) is 0 Å². The molecule has 0 aliphatic heterocycles. The van der Waals surface area contributed by atoms with Crippen LogP contribution in [-0.2, 0) is 20.6 Å². The van der Waals surface area contributed by atoms with Crippen molar-refractivity contribution in [2.75, 3.05) is 7.11 Å². The van der Waals surface area contributed by atoms with Crippen LogP contribution >= 0.6 is 0 Å². The predicted molar refractivity (Wildman–Crippen MR) is 26.9 cm³/mol. The summed E-state index contributed by atoms with van der Waals surface area (Å²) in [5, 5.41) is 0. The van der Waals surface area contributed by atoms with E-state index in [-0.39, 0.29) is 0 Å². The van der Waals surface area contributed by atoms with Crippen molar-refractivity contribution in [3.63, 3.8) is 0 Å². The Bertz CT molecular complexity index is 68.5. The Kier molecular flexibility index (Phi) is 3.55. The molecule has 0 aliphatic carbocycles. The van der Waals surface area contributed by atoms with E-state index in [9.17, 15) is 0 Å². The fraction of sp³-hybridized carbons (Fsp3) is 0.800. The molecule has 2 heteroatoms. The molecule has 0 rings (SSSR count). The zero-order valence-electron chi connectivity index (χ0n) is 4.89. The first-order valence-corrected chi connectivity index (χ1v) is 2.90. The monoisotopic (exact) mass is 138 g/mol. The maximum absolute atomic E-state index is 4.87. The molecule has 7 heavy (non-hydrogen) atoms. The molecule has 0 spiro atoms. The van der Waals surface area contributed by atoms with Crippen molar-refractivity contribution in [1.29, 1.82) is 0 Å². The van der Waals surface area contributed by atoms with Crippen LogP contribution < -0.4 is 0 Å². The summed E-state index contributed by atoms with van der Waals surface area (Å²) in [5.41, 5.74) is 0. The van der Waals surface area contributed by atoms with Gasteiger partial charge in [-0.25, -0.2) is 0 Å². The van der Waals surface area contributed by atoms with Crippen molar-refractivity contribution in [3.05, 3.63) is 0 Å². The van der Waals surface area contributed by atoms with E-state index >= 15 is 0 Å². The normalized spacial score (nSPS) is 9.71. The first-order chi connectivity index (χ1) is 3.18. The van der Waals surface area contributed by atoms with Crippen LogP contribution in [0.5, 0.6) is 0 Å². The van der Waals surface area contributed by atoms with Crippen molar-refractivity contribution in [2.45, 2.75) is 13.8 Å². The summed E-state index contributed by atoms with van der Waals surface area (Å²) in [6.07, 6.45) is 0. The molecule has 0 aromatic carbocycles. The van der Waals surface area contributed by atoms with E-state index in [0.717, 1.165) is 4.57 Å². The summed E-state index contributed by atoms with van der Waals surface area (Å²) < 4.78 is 5.84. The minimum absolute atomic E-state index is 0.505. The Morgan fingerprint density at radius 1 is 1.57 bits per heavy atom. The molecule has 0 radical (unpaired) electrons. The molecule has 0 N–H and O–H groups in total. The Hall–Kier alpha value is 0.362. The van der Waals surface area contributed by atoms with Gasteiger partial charge in [-0.1, -0.05) is 0 Å². The van der Waals surface area contributed by atoms with Gasteiger partial charge in [-0.2, -0.15) is 0 Å². The van der Waals surface area contributed by atoms with Gasteiger partial charge in [0, 0.05) is 0 Å². The molecule has 0 unspecified atom stereocenters. The van der Waals surface area contributed by atoms with Gasteiger partial charge in [0.15, 0.2) is 0 Å². The number of methoxy groups -OCH3 is 1. The van der Waals surface area contributed by atoms with Gasteiger partial charge < -0.3 is 0 Å². The van der Waals surface area contributed by atoms with Crippen molar-refractivity contribution < 1.29 is 20.6 Å². The fourth-order valence-electron chi connectivity index (χ4n) is 0.236. The molecule has 0 saturated carbocycles. The first-order valence-electron chi connectivity index (χ1n) is 2.26. The summed E-state index contributed by atoms with van der Waals surface area (Å²) in [6, 6.07) is 0. The summed E-state index contributed by atoms with van der Waals surface area (Å²) >= 11 is 2.82. The van der Waals surface area contributed by atoms with E-state index in [1.54, 1.807) is 7.11 Å². The molecule has 0 aromatic rings. The topological polar surface area (TPSA) is 9.23 Å². The van der Waals surface area contributed by atoms with Crippen molar-refractivity contribution >= 4 is 4.57 Å². The molecule has 0 bridgehead atoms. The third-order valence-corrected chi connectivity index (χ3v) is 1.67. The summed E-state index contributed by atoms with van der Waals surface area (Å²) in [4.78, 5) is 0. The van der Waals surface area contributed by atoms with E-state index in [4.69, 9.17) is 4.74 Å². The van der Waals surface area contributed by atoms with Crippen LogP contribution in [0.4, 0.5) is 0 Å². The van der Waals surface area contributed by atoms with Crippen molar-refractivity contribution in [3.8, 4) is 0 Å². The van der Waals surface area contributed by atoms with Crippen molar-refractivity contribution in [1.82, 2.24) is 0 Å². The second-order valence-electron chi connectivity index (χ2n) is 1.68. The molecule has 0 amide bonds. The SMILES string of the molecule is CO[C](=[Cr])C(C)C. The molecule has 0 fully saturated rings. The Morgan fingerprint density at radius 3 is 2.00 bits per heavy atom. The standard InChI is InChI=1S/C5H10O.Cr/c1-5(2)4-6-3;/h5H,1-3H3;. The summed E-state index contributed by atoms with van der Waals surface area (Å²) in [7, 11) is 1.67. The molecule has 0 aliphatic rings. The second-order valence-corrected chi connectivity index (χ2v) is 2.31. The molecule has 0 atom stereocenters. The van der Waals surface area contributed by atoms with Crippen LogP contribution in [0.2, 0.25) is 0 Å². The molecule has 0 saturated heterocycles. The van der Waals surface area contributed by atoms with Crippen LogP contribution in [0, 0.1) is 5.92 Å². The van der Waals surface area contributed by atoms with Crippen LogP contribution in [0.25, 0.3) is 0 Å². The van der Waals surface area contributed by atoms with Crippen LogP contribution in [0.3, 0.4) is 0 Å². The van der Waals surface area contributed by atoms with E-state index in [0.29, 0.717) is 5.92 Å². The van der Waals surface area contributed by atoms with E-state index < -0.39 is 0 Å². The maximum atomic E-state index is 4.87. The van der Waals surface area contributed by atoms with Gasteiger partial charge in [0.25, 0.3) is 0 Å². The first kappa shape index (κ1) is 7.36. The van der Waals surface area contributed by atoms with Crippen molar-refractivity contribution in [2.24, 2.45) is 5.92 Å². The van der Waals surface area contributed by atoms with Crippen LogP contribution in [0.15, 0.2) is 0 Å². The Morgan fingerprint density at radius 2 is 2.00 bits per heavy atom. The average Bonchev–Trinajstić information content (AvgIpc) is 1.65. The third kappa shape index (κ3) is 2.99. The van der Waals surface area contributed by atoms with E-state index in [2.05, 4.69) is 29.7 Å². The summed E-state index contributed by atoms with van der Waals surface area (Å²) in [6.45, 7) is 4.16. The molecular weight excluding hydrogens is 128 g/mol. The molecule has 0 heterocycles. The van der Waals surface area contributed by atoms with Gasteiger partial charge in [0.2, 0.25) is 0 Å². The Balaban J connectivity index is 3.35. The van der Waals surface area contributed by atoms with Gasteiger partial charge in [-0.15, -0.1) is 0 Å². The molecule has 1 nitrogen and oxygen atoms in total. The fourth-order valence-corrected chi connectivity index (χ4v) is 0.236. The molecular formula is C5H10CrO. The Labute approximate surface area is 52.6 Å². The zero-order valence-corrected chi connectivity index (χ0v) is 6.17. The minimum atomic E-state index is 0.505. The van der Waals surface area contributed by atoms with Crippen LogP contribution in [-0.4, -0.2) is 11.7 Å². The molecule has 42 valence electrons. The third-order valence-electron chi connectivity index (χ3n) is 0.673. The van der Waals surface area contributed by atoms with Gasteiger partial charge in [-0.05, 0) is 0 Å². The zero-order chi connectivity index (χ0) is 5.86. The second kappa shape index (κ2) is 3.38. The number of hydrogen-bond acceptors (Lipinski definition) is 1. The van der Waals surface area contributed by atoms with E-state index in [1.165, 1.54) is 0 Å². The van der Waals surface area contributed by atoms with Gasteiger partial charge >= 0.3 is 52.0 Å². The number of rotatable bonds is 2. The quantitative estimate of drug-likeness (QED) is 0.552. The molecule has 0 aromatic heterocycles. The van der Waals surface area contributed by atoms with Crippen LogP contribution in [0.1, 0.15) is 13.8 Å². The van der Waals surface area contributed by atoms with Gasteiger partial charge in [0.05, 0.1) is 0 Å². The van der Waals surface area contributed by atoms with E-state index in [1.807, 2.05) is 0 Å². The predicted octanol–water partition coefficient (Wildman–Crippen LogP) is 0.966. The van der Waals surface area contributed by atoms with Gasteiger partial charge in [-0.3, -0.25) is 0 Å². The number of ether oxygens (including phenoxy) is 1.